The van der Waals surface area contributed by atoms with Crippen molar-refractivity contribution in [3.05, 3.63) is 45.8 Å². The van der Waals surface area contributed by atoms with E-state index in [4.69, 9.17) is 0 Å². The molecular weight excluding hydrogens is 286 g/mol. The Hall–Kier alpha value is -2.09. The zero-order valence-electron chi connectivity index (χ0n) is 10.5. The van der Waals surface area contributed by atoms with Crippen LogP contribution in [0.3, 0.4) is 0 Å². The van der Waals surface area contributed by atoms with E-state index in [0.717, 1.165) is 10.1 Å². The number of alkyl halides is 2. The zero-order valence-corrected chi connectivity index (χ0v) is 11.3. The summed E-state index contributed by atoms with van der Waals surface area (Å²) in [5.74, 6) is 0.122. The van der Waals surface area contributed by atoms with Crippen molar-refractivity contribution in [2.75, 3.05) is 0 Å². The number of hydrogen-bond donors (Lipinski definition) is 0. The molecule has 5 nitrogen and oxygen atoms in total. The summed E-state index contributed by atoms with van der Waals surface area (Å²) in [5, 5.41) is 1.85. The van der Waals surface area contributed by atoms with Crippen LogP contribution in [0.5, 0.6) is 0 Å². The van der Waals surface area contributed by atoms with E-state index in [1.807, 2.05) is 12.3 Å². The summed E-state index contributed by atoms with van der Waals surface area (Å²) in [6, 6.07) is 0. The summed E-state index contributed by atoms with van der Waals surface area (Å²) in [7, 11) is 0. The van der Waals surface area contributed by atoms with Gasteiger partial charge in [-0.1, -0.05) is 0 Å². The van der Waals surface area contributed by atoms with Crippen LogP contribution in [0.2, 0.25) is 0 Å². The maximum Gasteiger partial charge on any atom is 0.319 e. The largest absolute Gasteiger partial charge is 0.319 e. The van der Waals surface area contributed by atoms with Gasteiger partial charge in [0.05, 0.1) is 18.4 Å². The number of aryl methyl sites for hydroxylation is 1. The number of nitrogens with zero attached hydrogens (tertiary/aromatic N) is 4. The lowest BCUT2D eigenvalue weighted by atomic mass is 10.3. The van der Waals surface area contributed by atoms with E-state index in [-0.39, 0.29) is 17.9 Å². The normalized spacial score (nSPS) is 11.6. The average Bonchev–Trinajstić information content (AvgIpc) is 3.00. The lowest BCUT2D eigenvalue weighted by Gasteiger charge is -2.08. The molecule has 0 atom stereocenters. The molecule has 0 radical (unpaired) electrons. The van der Waals surface area contributed by atoms with Crippen LogP contribution in [0.15, 0.2) is 28.9 Å². The smallest absolute Gasteiger partial charge is 0.290 e. The summed E-state index contributed by atoms with van der Waals surface area (Å²) >= 11 is 1.31. The second-order valence-corrected chi connectivity index (χ2v) is 5.18. The van der Waals surface area contributed by atoms with E-state index in [1.165, 1.54) is 34.6 Å². The monoisotopic (exact) mass is 296 g/mol. The Labute approximate surface area is 116 Å². The van der Waals surface area contributed by atoms with Crippen molar-refractivity contribution in [1.82, 2.24) is 19.1 Å². The maximum atomic E-state index is 12.7. The van der Waals surface area contributed by atoms with Gasteiger partial charge in [0.2, 0.25) is 0 Å². The molecule has 0 aliphatic carbocycles. The van der Waals surface area contributed by atoms with Crippen LogP contribution >= 0.6 is 11.3 Å². The second-order valence-electron chi connectivity index (χ2n) is 4.30. The molecule has 3 rings (SSSR count). The fourth-order valence-electron chi connectivity index (χ4n) is 1.97. The summed E-state index contributed by atoms with van der Waals surface area (Å²) < 4.78 is 28.0. The van der Waals surface area contributed by atoms with E-state index < -0.39 is 6.55 Å². The van der Waals surface area contributed by atoms with Crippen molar-refractivity contribution in [2.45, 2.75) is 20.0 Å². The van der Waals surface area contributed by atoms with Crippen LogP contribution in [0.4, 0.5) is 8.78 Å². The SMILES string of the molecule is Cc1csc2c(=O)n(Cc3nccn3C(F)F)cnc12. The third-order valence-corrected chi connectivity index (χ3v) is 4.07. The molecule has 3 aromatic heterocycles. The minimum Gasteiger partial charge on any atom is -0.290 e. The van der Waals surface area contributed by atoms with Crippen molar-refractivity contribution in [3.63, 3.8) is 0 Å². The molecule has 0 saturated heterocycles. The zero-order chi connectivity index (χ0) is 14.3. The van der Waals surface area contributed by atoms with E-state index in [1.54, 1.807) is 0 Å². The van der Waals surface area contributed by atoms with Gasteiger partial charge in [-0.25, -0.2) is 9.97 Å². The lowest BCUT2D eigenvalue weighted by molar-refractivity contribution is 0.0666. The van der Waals surface area contributed by atoms with Crippen LogP contribution in [-0.4, -0.2) is 19.1 Å². The third kappa shape index (κ3) is 2.01. The van der Waals surface area contributed by atoms with Crippen molar-refractivity contribution >= 4 is 21.6 Å². The van der Waals surface area contributed by atoms with Gasteiger partial charge >= 0.3 is 6.55 Å². The van der Waals surface area contributed by atoms with E-state index >= 15 is 0 Å². The number of imidazole rings is 1. The molecule has 0 aliphatic rings. The van der Waals surface area contributed by atoms with Gasteiger partial charge in [0.25, 0.3) is 5.56 Å². The average molecular weight is 296 g/mol. The summed E-state index contributed by atoms with van der Waals surface area (Å²) in [4.78, 5) is 20.3. The summed E-state index contributed by atoms with van der Waals surface area (Å²) in [5.41, 5.74) is 1.36. The van der Waals surface area contributed by atoms with Gasteiger partial charge in [-0.2, -0.15) is 8.78 Å². The molecule has 0 unspecified atom stereocenters. The molecule has 0 aliphatic heterocycles. The molecule has 20 heavy (non-hydrogen) atoms. The third-order valence-electron chi connectivity index (χ3n) is 2.99. The van der Waals surface area contributed by atoms with Crippen molar-refractivity contribution in [1.29, 1.82) is 0 Å². The highest BCUT2D eigenvalue weighted by Crippen LogP contribution is 2.19. The predicted molar refractivity (Wildman–Crippen MR) is 71.2 cm³/mol. The van der Waals surface area contributed by atoms with Crippen LogP contribution in [0.1, 0.15) is 17.9 Å². The van der Waals surface area contributed by atoms with Crippen LogP contribution in [0, 0.1) is 6.92 Å². The molecular formula is C12H10F2N4OS. The first-order chi connectivity index (χ1) is 9.58. The molecule has 0 saturated carbocycles. The van der Waals surface area contributed by atoms with Crippen LogP contribution in [0.25, 0.3) is 10.2 Å². The highest BCUT2D eigenvalue weighted by molar-refractivity contribution is 7.17. The predicted octanol–water partition coefficient (Wildman–Crippen LogP) is 2.41. The number of halogens is 2. The second kappa shape index (κ2) is 4.78. The highest BCUT2D eigenvalue weighted by atomic mass is 32.1. The number of hydrogen-bond acceptors (Lipinski definition) is 4. The first-order valence-electron chi connectivity index (χ1n) is 5.81. The summed E-state index contributed by atoms with van der Waals surface area (Å²) in [6.07, 6.45) is 3.84. The lowest BCUT2D eigenvalue weighted by Crippen LogP contribution is -2.22. The van der Waals surface area contributed by atoms with Gasteiger partial charge in [-0.05, 0) is 17.9 Å². The molecule has 0 N–H and O–H groups in total. The van der Waals surface area contributed by atoms with Crippen LogP contribution < -0.4 is 5.56 Å². The van der Waals surface area contributed by atoms with Crippen LogP contribution in [-0.2, 0) is 6.54 Å². The molecule has 0 amide bonds. The maximum absolute atomic E-state index is 12.7. The molecule has 3 heterocycles. The van der Waals surface area contributed by atoms with Gasteiger partial charge in [0, 0.05) is 12.4 Å². The molecule has 0 bridgehead atoms. The Morgan fingerprint density at radius 3 is 2.95 bits per heavy atom. The Kier molecular flexibility index (Phi) is 3.09. The molecule has 3 aromatic rings. The molecule has 0 fully saturated rings. The van der Waals surface area contributed by atoms with Crippen molar-refractivity contribution in [2.24, 2.45) is 0 Å². The number of thiophene rings is 1. The summed E-state index contributed by atoms with van der Waals surface area (Å²) in [6.45, 7) is -0.835. The Morgan fingerprint density at radius 1 is 1.40 bits per heavy atom. The topological polar surface area (TPSA) is 52.7 Å². The van der Waals surface area contributed by atoms with Gasteiger partial charge in [0.15, 0.2) is 0 Å². The van der Waals surface area contributed by atoms with Gasteiger partial charge < -0.3 is 0 Å². The Balaban J connectivity index is 2.05. The van der Waals surface area contributed by atoms with Gasteiger partial charge in [0.1, 0.15) is 10.5 Å². The van der Waals surface area contributed by atoms with E-state index in [9.17, 15) is 13.6 Å². The van der Waals surface area contributed by atoms with Crippen molar-refractivity contribution in [3.8, 4) is 0 Å². The van der Waals surface area contributed by atoms with Crippen molar-refractivity contribution < 1.29 is 8.78 Å². The first-order valence-corrected chi connectivity index (χ1v) is 6.69. The molecule has 0 spiro atoms. The first kappa shape index (κ1) is 12.9. The number of rotatable bonds is 3. The quantitative estimate of drug-likeness (QED) is 0.746. The Bertz CT molecular complexity index is 820. The number of fused-ring (bicyclic) bond motifs is 1. The van der Waals surface area contributed by atoms with E-state index in [0.29, 0.717) is 10.2 Å². The molecule has 104 valence electrons. The molecule has 0 aromatic carbocycles. The number of aromatic nitrogens is 4. The fraction of sp³-hybridized carbons (Fsp3) is 0.250. The van der Waals surface area contributed by atoms with Gasteiger partial charge in [-0.3, -0.25) is 13.9 Å². The van der Waals surface area contributed by atoms with Gasteiger partial charge in [-0.15, -0.1) is 11.3 Å². The minimum atomic E-state index is -2.68. The minimum absolute atomic E-state index is 0.0317. The van der Waals surface area contributed by atoms with E-state index in [2.05, 4.69) is 9.97 Å². The Morgan fingerprint density at radius 2 is 2.20 bits per heavy atom. The molecule has 8 heteroatoms. The fourth-order valence-corrected chi connectivity index (χ4v) is 2.92. The highest BCUT2D eigenvalue weighted by Gasteiger charge is 2.14. The standard InChI is InChI=1S/C12H10F2N4OS/c1-7-5-20-10-9(7)16-6-17(11(10)19)4-8-15-2-3-18(8)12(13)14/h2-3,5-6,12H,4H2,1H3.